The van der Waals surface area contributed by atoms with Crippen LogP contribution in [0.2, 0.25) is 0 Å². The first-order chi connectivity index (χ1) is 4.06. The summed E-state index contributed by atoms with van der Waals surface area (Å²) in [4.78, 5) is 0. The van der Waals surface area contributed by atoms with E-state index in [9.17, 15) is 13.0 Å². The zero-order chi connectivity index (χ0) is 7.33. The Morgan fingerprint density at radius 1 is 1.60 bits per heavy atom. The van der Waals surface area contributed by atoms with Crippen molar-refractivity contribution in [3.05, 3.63) is 12.2 Å². The molecule has 0 fully saturated rings. The van der Waals surface area contributed by atoms with E-state index in [1.807, 2.05) is 0 Å². The molecule has 0 saturated heterocycles. The van der Waals surface area contributed by atoms with Gasteiger partial charge in [0, 0.05) is 0 Å². The molecule has 0 saturated carbocycles. The molecule has 4 nitrogen and oxygen atoms in total. The third kappa shape index (κ3) is 12.0. The summed E-state index contributed by atoms with van der Waals surface area (Å²) in [6.45, 7) is 1.52. The van der Waals surface area contributed by atoms with Gasteiger partial charge in [0.25, 0.3) is 0 Å². The van der Waals surface area contributed by atoms with Crippen LogP contribution in [0.25, 0.3) is 0 Å². The number of rotatable bonds is 3. The maximum Gasteiger partial charge on any atom is 1.00 e. The third-order valence-corrected chi connectivity index (χ3v) is 0.969. The Hall–Kier alpha value is 1.25. The van der Waals surface area contributed by atoms with E-state index in [1.54, 1.807) is 13.0 Å². The summed E-state index contributed by atoms with van der Waals surface area (Å²) in [6.07, 6.45) is 3.01. The smallest absolute Gasteiger partial charge is 0.726 e. The molecule has 0 radical (unpaired) electrons. The summed E-state index contributed by atoms with van der Waals surface area (Å²) >= 11 is 0. The Bertz CT molecular complexity index is 183. The molecular weight excluding hydrogens is 183 g/mol. The number of hydrogen-bond donors (Lipinski definition) is 0. The normalized spacial score (nSPS) is 11.4. The average Bonchev–Trinajstić information content (AvgIpc) is 1.63. The van der Waals surface area contributed by atoms with Crippen LogP contribution in [-0.4, -0.2) is 19.6 Å². The van der Waals surface area contributed by atoms with Crippen LogP contribution >= 0.6 is 0 Å². The fraction of sp³-hybridized carbons (Fsp3) is 0.500. The molecule has 0 rings (SSSR count). The molecule has 0 bridgehead atoms. The van der Waals surface area contributed by atoms with Crippen molar-refractivity contribution in [1.29, 1.82) is 0 Å². The van der Waals surface area contributed by atoms with Gasteiger partial charge in [-0.05, 0) is 6.92 Å². The topological polar surface area (TPSA) is 66.4 Å². The standard InChI is InChI=1S/C4H8O4S.K/c1-2-3-4-8-9(5,6)7;/h2-3H,4H2,1H3,(H,5,6,7);/q;+1/p-1. The van der Waals surface area contributed by atoms with Gasteiger partial charge in [0.1, 0.15) is 0 Å². The Labute approximate surface area is 103 Å². The minimum absolute atomic E-state index is 0. The van der Waals surface area contributed by atoms with Gasteiger partial charge in [-0.15, -0.1) is 0 Å². The maximum absolute atomic E-state index is 9.69. The number of allylic oxidation sites excluding steroid dienone is 1. The van der Waals surface area contributed by atoms with Gasteiger partial charge in [-0.2, -0.15) is 0 Å². The molecule has 10 heavy (non-hydrogen) atoms. The minimum atomic E-state index is -4.50. The molecule has 0 spiro atoms. The van der Waals surface area contributed by atoms with Crippen LogP contribution in [0, 0.1) is 0 Å². The summed E-state index contributed by atoms with van der Waals surface area (Å²) in [6, 6.07) is 0. The van der Waals surface area contributed by atoms with Gasteiger partial charge >= 0.3 is 51.4 Å². The van der Waals surface area contributed by atoms with Crippen LogP contribution in [0.3, 0.4) is 0 Å². The summed E-state index contributed by atoms with van der Waals surface area (Å²) < 4.78 is 32.9. The van der Waals surface area contributed by atoms with E-state index < -0.39 is 10.4 Å². The van der Waals surface area contributed by atoms with Crippen molar-refractivity contribution in [3.63, 3.8) is 0 Å². The summed E-state index contributed by atoms with van der Waals surface area (Å²) in [5.74, 6) is 0. The van der Waals surface area contributed by atoms with Crippen LogP contribution in [0.15, 0.2) is 12.2 Å². The molecular formula is C4H7KO4S. The van der Waals surface area contributed by atoms with E-state index in [-0.39, 0.29) is 58.0 Å². The third-order valence-electron chi connectivity index (χ3n) is 0.544. The molecule has 0 aromatic carbocycles. The average molecular weight is 190 g/mol. The Kier molecular flexibility index (Phi) is 9.57. The van der Waals surface area contributed by atoms with E-state index in [0.29, 0.717) is 0 Å². The molecule has 0 N–H and O–H groups in total. The van der Waals surface area contributed by atoms with Crippen molar-refractivity contribution >= 4 is 10.4 Å². The Balaban J connectivity index is 0. The van der Waals surface area contributed by atoms with Crippen molar-refractivity contribution in [2.24, 2.45) is 0 Å². The quantitative estimate of drug-likeness (QED) is 0.206. The van der Waals surface area contributed by atoms with E-state index in [2.05, 4.69) is 4.18 Å². The molecule has 0 heterocycles. The first-order valence-corrected chi connectivity index (χ1v) is 3.61. The van der Waals surface area contributed by atoms with Crippen LogP contribution in [-0.2, 0) is 14.6 Å². The molecule has 0 aliphatic heterocycles. The van der Waals surface area contributed by atoms with Gasteiger partial charge in [0.15, 0.2) is 0 Å². The monoisotopic (exact) mass is 190 g/mol. The van der Waals surface area contributed by atoms with Crippen LogP contribution in [0.1, 0.15) is 6.92 Å². The molecule has 54 valence electrons. The van der Waals surface area contributed by atoms with Gasteiger partial charge in [-0.1, -0.05) is 12.2 Å². The van der Waals surface area contributed by atoms with Crippen LogP contribution in [0.5, 0.6) is 0 Å². The first-order valence-electron chi connectivity index (χ1n) is 2.27. The van der Waals surface area contributed by atoms with Crippen molar-refractivity contribution in [2.75, 3.05) is 6.61 Å². The summed E-state index contributed by atoms with van der Waals surface area (Å²) in [7, 11) is -4.50. The molecule has 6 heteroatoms. The van der Waals surface area contributed by atoms with Gasteiger partial charge in [-0.25, -0.2) is 8.42 Å². The SMILES string of the molecule is CC=CCOS(=O)(=O)[O-].[K+]. The van der Waals surface area contributed by atoms with Crippen LogP contribution < -0.4 is 51.4 Å². The largest absolute Gasteiger partial charge is 1.00 e. The molecule has 0 aromatic rings. The van der Waals surface area contributed by atoms with Crippen molar-refractivity contribution < 1.29 is 68.5 Å². The van der Waals surface area contributed by atoms with Crippen molar-refractivity contribution in [3.8, 4) is 0 Å². The molecule has 0 aliphatic rings. The second-order valence-corrected chi connectivity index (χ2v) is 2.31. The second kappa shape index (κ2) is 6.93. The Morgan fingerprint density at radius 2 is 2.10 bits per heavy atom. The molecule has 0 atom stereocenters. The summed E-state index contributed by atoms with van der Waals surface area (Å²) in [5, 5.41) is 0. The minimum Gasteiger partial charge on any atom is -0.726 e. The molecule has 0 amide bonds. The fourth-order valence-electron chi connectivity index (χ4n) is 0.219. The van der Waals surface area contributed by atoms with E-state index in [4.69, 9.17) is 0 Å². The fourth-order valence-corrected chi connectivity index (χ4v) is 0.464. The number of hydrogen-bond acceptors (Lipinski definition) is 4. The van der Waals surface area contributed by atoms with Crippen molar-refractivity contribution in [2.45, 2.75) is 6.92 Å². The molecule has 0 aromatic heterocycles. The van der Waals surface area contributed by atoms with Gasteiger partial charge in [0.2, 0.25) is 10.4 Å². The van der Waals surface area contributed by atoms with Crippen molar-refractivity contribution in [1.82, 2.24) is 0 Å². The predicted octanol–water partition coefficient (Wildman–Crippen LogP) is -2.96. The molecule has 0 unspecified atom stereocenters. The predicted molar refractivity (Wildman–Crippen MR) is 30.5 cm³/mol. The van der Waals surface area contributed by atoms with Gasteiger partial charge in [-0.3, -0.25) is 4.18 Å². The maximum atomic E-state index is 9.69. The molecule has 0 aliphatic carbocycles. The van der Waals surface area contributed by atoms with Crippen LogP contribution in [0.4, 0.5) is 0 Å². The van der Waals surface area contributed by atoms with Gasteiger partial charge in [0.05, 0.1) is 6.61 Å². The summed E-state index contributed by atoms with van der Waals surface area (Å²) in [5.41, 5.74) is 0. The Morgan fingerprint density at radius 3 is 2.40 bits per heavy atom. The van der Waals surface area contributed by atoms with E-state index >= 15 is 0 Å². The first kappa shape index (κ1) is 13.8. The zero-order valence-electron chi connectivity index (χ0n) is 5.90. The van der Waals surface area contributed by atoms with E-state index in [1.165, 1.54) is 6.08 Å². The van der Waals surface area contributed by atoms with E-state index in [0.717, 1.165) is 0 Å². The van der Waals surface area contributed by atoms with Gasteiger partial charge < -0.3 is 4.55 Å². The second-order valence-electron chi connectivity index (χ2n) is 1.26. The zero-order valence-corrected chi connectivity index (χ0v) is 9.84.